The molecule has 0 aromatic carbocycles. The second kappa shape index (κ2) is 5.48. The molecule has 0 aliphatic carbocycles. The predicted octanol–water partition coefficient (Wildman–Crippen LogP) is 4.08. The molecule has 2 N–H and O–H groups in total. The van der Waals surface area contributed by atoms with Crippen molar-refractivity contribution in [2.75, 3.05) is 5.73 Å². The average Bonchev–Trinajstić information content (AvgIpc) is 3.07. The van der Waals surface area contributed by atoms with Gasteiger partial charge in [0.05, 0.1) is 11.4 Å². The van der Waals surface area contributed by atoms with Gasteiger partial charge in [-0.3, -0.25) is 0 Å². The van der Waals surface area contributed by atoms with Crippen LogP contribution < -0.4 is 5.73 Å². The number of thiophene rings is 1. The van der Waals surface area contributed by atoms with Crippen LogP contribution in [0, 0.1) is 13.8 Å². The molecule has 1 unspecified atom stereocenters. The highest BCUT2D eigenvalue weighted by Crippen LogP contribution is 2.35. The molecule has 0 amide bonds. The second-order valence-electron chi connectivity index (χ2n) is 5.36. The minimum absolute atomic E-state index is 0.320. The van der Waals surface area contributed by atoms with Crippen LogP contribution in [-0.2, 0) is 0 Å². The SMILES string of the molecule is CCCC(c1cccs1)n1c(C)c(C)c2c(N)ncnc21. The quantitative estimate of drug-likeness (QED) is 0.789. The van der Waals surface area contributed by atoms with Gasteiger partial charge in [0, 0.05) is 10.6 Å². The van der Waals surface area contributed by atoms with Crippen molar-refractivity contribution >= 4 is 28.2 Å². The average molecular weight is 300 g/mol. The summed E-state index contributed by atoms with van der Waals surface area (Å²) in [5, 5.41) is 3.13. The van der Waals surface area contributed by atoms with Crippen LogP contribution in [-0.4, -0.2) is 14.5 Å². The molecular weight excluding hydrogens is 280 g/mol. The van der Waals surface area contributed by atoms with Crippen LogP contribution in [0.15, 0.2) is 23.8 Å². The third kappa shape index (κ3) is 2.21. The molecule has 110 valence electrons. The standard InChI is InChI=1S/C16H20N4S/c1-4-6-12(13-7-5-8-21-13)20-11(3)10(2)14-15(17)18-9-19-16(14)20/h5,7-9,12H,4,6H2,1-3H3,(H2,17,18,19). The highest BCUT2D eigenvalue weighted by molar-refractivity contribution is 7.10. The monoisotopic (exact) mass is 300 g/mol. The summed E-state index contributed by atoms with van der Waals surface area (Å²) in [6.45, 7) is 6.47. The molecule has 4 nitrogen and oxygen atoms in total. The summed E-state index contributed by atoms with van der Waals surface area (Å²) >= 11 is 1.80. The molecule has 0 aliphatic rings. The molecule has 3 rings (SSSR count). The number of hydrogen-bond acceptors (Lipinski definition) is 4. The Morgan fingerprint density at radius 3 is 2.81 bits per heavy atom. The maximum atomic E-state index is 6.07. The Hall–Kier alpha value is -1.88. The number of aromatic nitrogens is 3. The van der Waals surface area contributed by atoms with Crippen molar-refractivity contribution in [1.29, 1.82) is 0 Å². The van der Waals surface area contributed by atoms with E-state index in [1.807, 2.05) is 0 Å². The van der Waals surface area contributed by atoms with Crippen molar-refractivity contribution < 1.29 is 0 Å². The third-order valence-corrected chi connectivity index (χ3v) is 5.08. The molecule has 0 fully saturated rings. The Kier molecular flexibility index (Phi) is 3.68. The van der Waals surface area contributed by atoms with Gasteiger partial charge >= 0.3 is 0 Å². The number of aryl methyl sites for hydroxylation is 1. The normalized spacial score (nSPS) is 12.9. The van der Waals surface area contributed by atoms with Crippen molar-refractivity contribution in [3.63, 3.8) is 0 Å². The van der Waals surface area contributed by atoms with Gasteiger partial charge in [0.2, 0.25) is 0 Å². The summed E-state index contributed by atoms with van der Waals surface area (Å²) < 4.78 is 2.33. The number of anilines is 1. The van der Waals surface area contributed by atoms with E-state index in [0.29, 0.717) is 11.9 Å². The fraction of sp³-hybridized carbons (Fsp3) is 0.375. The number of rotatable bonds is 4. The van der Waals surface area contributed by atoms with E-state index < -0.39 is 0 Å². The first-order valence-corrected chi connectivity index (χ1v) is 8.14. The Bertz CT molecular complexity index is 758. The van der Waals surface area contributed by atoms with Gasteiger partial charge in [0.1, 0.15) is 17.8 Å². The smallest absolute Gasteiger partial charge is 0.146 e. The van der Waals surface area contributed by atoms with Gasteiger partial charge in [-0.1, -0.05) is 19.4 Å². The number of nitrogen functional groups attached to an aromatic ring is 1. The third-order valence-electron chi connectivity index (χ3n) is 4.11. The van der Waals surface area contributed by atoms with Crippen molar-refractivity contribution in [3.05, 3.63) is 40.0 Å². The molecule has 0 saturated heterocycles. The van der Waals surface area contributed by atoms with E-state index in [0.717, 1.165) is 23.9 Å². The molecular formula is C16H20N4S. The number of hydrogen-bond donors (Lipinski definition) is 1. The van der Waals surface area contributed by atoms with Crippen LogP contribution in [0.3, 0.4) is 0 Å². The van der Waals surface area contributed by atoms with E-state index in [1.54, 1.807) is 17.7 Å². The lowest BCUT2D eigenvalue weighted by atomic mass is 10.1. The first-order valence-electron chi connectivity index (χ1n) is 7.26. The Balaban J connectivity index is 2.27. The van der Waals surface area contributed by atoms with Crippen LogP contribution in [0.2, 0.25) is 0 Å². The Morgan fingerprint density at radius 1 is 1.33 bits per heavy atom. The topological polar surface area (TPSA) is 56.7 Å². The van der Waals surface area contributed by atoms with E-state index in [-0.39, 0.29) is 0 Å². The maximum absolute atomic E-state index is 6.07. The van der Waals surface area contributed by atoms with Gasteiger partial charge in [0.15, 0.2) is 0 Å². The zero-order valence-electron chi connectivity index (χ0n) is 12.6. The summed E-state index contributed by atoms with van der Waals surface area (Å²) in [6.07, 6.45) is 3.78. The zero-order chi connectivity index (χ0) is 15.0. The van der Waals surface area contributed by atoms with Gasteiger partial charge in [-0.25, -0.2) is 9.97 Å². The fourth-order valence-electron chi connectivity index (χ4n) is 2.99. The lowest BCUT2D eigenvalue weighted by molar-refractivity contribution is 0.543. The van der Waals surface area contributed by atoms with Crippen LogP contribution in [0.4, 0.5) is 5.82 Å². The van der Waals surface area contributed by atoms with Crippen LogP contribution in [0.1, 0.15) is 41.9 Å². The highest BCUT2D eigenvalue weighted by atomic mass is 32.1. The van der Waals surface area contributed by atoms with Crippen molar-refractivity contribution in [1.82, 2.24) is 14.5 Å². The molecule has 1 atom stereocenters. The van der Waals surface area contributed by atoms with Crippen molar-refractivity contribution in [2.45, 2.75) is 39.7 Å². The Morgan fingerprint density at radius 2 is 2.14 bits per heavy atom. The molecule has 0 radical (unpaired) electrons. The summed E-state index contributed by atoms with van der Waals surface area (Å²) in [5.74, 6) is 0.570. The number of fused-ring (bicyclic) bond motifs is 1. The lowest BCUT2D eigenvalue weighted by Crippen LogP contribution is -2.11. The molecule has 3 heterocycles. The molecule has 0 saturated carbocycles. The molecule has 5 heteroatoms. The largest absolute Gasteiger partial charge is 0.383 e. The van der Waals surface area contributed by atoms with Gasteiger partial charge in [-0.15, -0.1) is 11.3 Å². The summed E-state index contributed by atoms with van der Waals surface area (Å²) in [6, 6.07) is 4.64. The number of nitrogens with two attached hydrogens (primary N) is 1. The van der Waals surface area contributed by atoms with Gasteiger partial charge in [0.25, 0.3) is 0 Å². The highest BCUT2D eigenvalue weighted by Gasteiger charge is 2.22. The van der Waals surface area contributed by atoms with Crippen LogP contribution in [0.25, 0.3) is 11.0 Å². The summed E-state index contributed by atoms with van der Waals surface area (Å²) in [4.78, 5) is 10.0. The molecule has 0 aliphatic heterocycles. The minimum atomic E-state index is 0.320. The van der Waals surface area contributed by atoms with Crippen LogP contribution >= 0.6 is 11.3 Å². The first-order chi connectivity index (χ1) is 10.1. The van der Waals surface area contributed by atoms with Crippen molar-refractivity contribution in [3.8, 4) is 0 Å². The van der Waals surface area contributed by atoms with E-state index in [9.17, 15) is 0 Å². The molecule has 3 aromatic heterocycles. The zero-order valence-corrected chi connectivity index (χ0v) is 13.4. The van der Waals surface area contributed by atoms with Gasteiger partial charge in [-0.2, -0.15) is 0 Å². The Labute approximate surface area is 128 Å². The summed E-state index contributed by atoms with van der Waals surface area (Å²) in [5.41, 5.74) is 9.43. The van der Waals surface area contributed by atoms with Crippen LogP contribution in [0.5, 0.6) is 0 Å². The van der Waals surface area contributed by atoms with Crippen molar-refractivity contribution in [2.24, 2.45) is 0 Å². The molecule has 0 bridgehead atoms. The number of nitrogens with zero attached hydrogens (tertiary/aromatic N) is 3. The molecule has 0 spiro atoms. The second-order valence-corrected chi connectivity index (χ2v) is 6.34. The minimum Gasteiger partial charge on any atom is -0.383 e. The van der Waals surface area contributed by atoms with E-state index >= 15 is 0 Å². The first kappa shape index (κ1) is 14.1. The summed E-state index contributed by atoms with van der Waals surface area (Å²) in [7, 11) is 0. The molecule has 21 heavy (non-hydrogen) atoms. The molecule has 3 aromatic rings. The van der Waals surface area contributed by atoms with Gasteiger partial charge < -0.3 is 10.3 Å². The maximum Gasteiger partial charge on any atom is 0.146 e. The van der Waals surface area contributed by atoms with E-state index in [2.05, 4.69) is 52.8 Å². The lowest BCUT2D eigenvalue weighted by Gasteiger charge is -2.20. The van der Waals surface area contributed by atoms with Gasteiger partial charge in [-0.05, 0) is 37.3 Å². The van der Waals surface area contributed by atoms with E-state index in [1.165, 1.54) is 16.1 Å². The van der Waals surface area contributed by atoms with E-state index in [4.69, 9.17) is 5.73 Å². The predicted molar refractivity (Wildman–Crippen MR) is 88.8 cm³/mol. The fourth-order valence-corrected chi connectivity index (χ4v) is 3.84.